The minimum atomic E-state index is -0.130. The molecule has 27 heavy (non-hydrogen) atoms. The van der Waals surface area contributed by atoms with Gasteiger partial charge in [-0.1, -0.05) is 18.1 Å². The Balaban J connectivity index is 1.29. The van der Waals surface area contributed by atoms with Gasteiger partial charge in [-0.2, -0.15) is 0 Å². The largest absolute Gasteiger partial charge is 0.348 e. The van der Waals surface area contributed by atoms with Crippen LogP contribution in [0, 0.1) is 5.92 Å². The van der Waals surface area contributed by atoms with Gasteiger partial charge in [-0.05, 0) is 57.3 Å². The molecule has 7 nitrogen and oxygen atoms in total. The smallest absolute Gasteiger partial charge is 0.273 e. The van der Waals surface area contributed by atoms with Gasteiger partial charge in [0.1, 0.15) is 0 Å². The highest BCUT2D eigenvalue weighted by Crippen LogP contribution is 2.30. The summed E-state index contributed by atoms with van der Waals surface area (Å²) in [6.45, 7) is 1.59. The molecule has 1 aliphatic heterocycles. The number of nitrogens with zero attached hydrogens (tertiary/aromatic N) is 4. The molecule has 1 aromatic heterocycles. The third-order valence-corrected chi connectivity index (χ3v) is 6.26. The molecule has 2 amide bonds. The second kappa shape index (κ2) is 8.40. The first-order chi connectivity index (χ1) is 13.2. The summed E-state index contributed by atoms with van der Waals surface area (Å²) >= 11 is 0. The fourth-order valence-corrected chi connectivity index (χ4v) is 4.49. The summed E-state index contributed by atoms with van der Waals surface area (Å²) in [7, 11) is 0. The van der Waals surface area contributed by atoms with Crippen molar-refractivity contribution in [2.24, 2.45) is 5.92 Å². The van der Waals surface area contributed by atoms with Crippen molar-refractivity contribution < 1.29 is 9.59 Å². The molecule has 1 saturated heterocycles. The molecule has 1 N–H and O–H groups in total. The molecule has 2 heterocycles. The third kappa shape index (κ3) is 4.87. The maximum atomic E-state index is 12.8. The molecule has 2 aliphatic carbocycles. The van der Waals surface area contributed by atoms with Gasteiger partial charge in [-0.15, -0.1) is 5.10 Å². The number of hydrogen-bond donors (Lipinski definition) is 1. The Morgan fingerprint density at radius 3 is 2.63 bits per heavy atom. The summed E-state index contributed by atoms with van der Waals surface area (Å²) in [5, 5.41) is 11.0. The van der Waals surface area contributed by atoms with Gasteiger partial charge in [-0.3, -0.25) is 14.3 Å². The molecule has 0 radical (unpaired) electrons. The molecule has 148 valence electrons. The van der Waals surface area contributed by atoms with Crippen LogP contribution in [0.15, 0.2) is 6.20 Å². The fourth-order valence-electron chi connectivity index (χ4n) is 4.49. The van der Waals surface area contributed by atoms with Crippen molar-refractivity contribution in [1.29, 1.82) is 0 Å². The quantitative estimate of drug-likeness (QED) is 0.796. The van der Waals surface area contributed by atoms with Crippen LogP contribution < -0.4 is 5.32 Å². The summed E-state index contributed by atoms with van der Waals surface area (Å²) in [6, 6.07) is 0.616. The van der Waals surface area contributed by atoms with Crippen LogP contribution in [0.2, 0.25) is 0 Å². The highest BCUT2D eigenvalue weighted by Gasteiger charge is 2.29. The van der Waals surface area contributed by atoms with Crippen molar-refractivity contribution in [1.82, 2.24) is 25.2 Å². The van der Waals surface area contributed by atoms with E-state index in [-0.39, 0.29) is 5.91 Å². The zero-order valence-corrected chi connectivity index (χ0v) is 16.1. The van der Waals surface area contributed by atoms with Gasteiger partial charge >= 0.3 is 0 Å². The number of carbonyl (C=O) groups is 2. The van der Waals surface area contributed by atoms with E-state index in [2.05, 4.69) is 20.5 Å². The van der Waals surface area contributed by atoms with E-state index in [1.807, 2.05) is 0 Å². The lowest BCUT2D eigenvalue weighted by Gasteiger charge is -2.36. The number of nitrogens with one attached hydrogen (secondary N) is 1. The van der Waals surface area contributed by atoms with E-state index in [9.17, 15) is 9.59 Å². The van der Waals surface area contributed by atoms with E-state index in [1.165, 1.54) is 32.1 Å². The average molecular weight is 374 g/mol. The molecule has 1 atom stereocenters. The number of carbonyl (C=O) groups excluding carboxylic acids is 2. The summed E-state index contributed by atoms with van der Waals surface area (Å²) in [4.78, 5) is 27.0. The Morgan fingerprint density at radius 2 is 1.85 bits per heavy atom. The number of likely N-dealkylation sites (tertiary alicyclic amines) is 1. The molecular formula is C20H31N5O2. The first kappa shape index (κ1) is 18.4. The molecule has 4 rings (SSSR count). The molecule has 0 bridgehead atoms. The van der Waals surface area contributed by atoms with E-state index in [1.54, 1.807) is 10.9 Å². The third-order valence-electron chi connectivity index (χ3n) is 6.26. The number of aromatic nitrogens is 3. The molecule has 3 aliphatic rings. The highest BCUT2D eigenvalue weighted by atomic mass is 16.2. The van der Waals surface area contributed by atoms with Crippen LogP contribution in [0.4, 0.5) is 0 Å². The normalized spacial score (nSPS) is 23.6. The minimum absolute atomic E-state index is 0.130. The molecule has 1 unspecified atom stereocenters. The lowest BCUT2D eigenvalue weighted by molar-refractivity contribution is -0.136. The first-order valence-electron chi connectivity index (χ1n) is 10.7. The van der Waals surface area contributed by atoms with E-state index in [0.717, 1.165) is 45.1 Å². The standard InChI is InChI=1S/C20H31N5O2/c26-19(13-15-5-1-2-6-15)25-11-4-3-7-17(25)10-12-24-14-18(22-23-24)20(27)21-16-8-9-16/h14-17H,1-13H2,(H,21,27). The van der Waals surface area contributed by atoms with Crippen molar-refractivity contribution in [2.75, 3.05) is 6.54 Å². The highest BCUT2D eigenvalue weighted by molar-refractivity contribution is 5.92. The molecule has 3 fully saturated rings. The van der Waals surface area contributed by atoms with Crippen molar-refractivity contribution in [3.63, 3.8) is 0 Å². The maximum Gasteiger partial charge on any atom is 0.273 e. The van der Waals surface area contributed by atoms with Crippen molar-refractivity contribution in [2.45, 2.75) is 89.3 Å². The summed E-state index contributed by atoms with van der Waals surface area (Å²) in [5.41, 5.74) is 0.389. The van der Waals surface area contributed by atoms with E-state index in [4.69, 9.17) is 0 Å². The van der Waals surface area contributed by atoms with E-state index < -0.39 is 0 Å². The van der Waals surface area contributed by atoms with Crippen LogP contribution in [0.1, 0.15) is 81.1 Å². The topological polar surface area (TPSA) is 80.1 Å². The van der Waals surface area contributed by atoms with Gasteiger partial charge in [-0.25, -0.2) is 0 Å². The molecular weight excluding hydrogens is 342 g/mol. The van der Waals surface area contributed by atoms with Gasteiger partial charge in [0.2, 0.25) is 5.91 Å². The second-order valence-corrected chi connectivity index (χ2v) is 8.49. The number of aryl methyl sites for hydroxylation is 1. The summed E-state index contributed by atoms with van der Waals surface area (Å²) in [6.07, 6.45) is 13.8. The number of hydrogen-bond acceptors (Lipinski definition) is 4. The molecule has 0 aromatic carbocycles. The zero-order valence-electron chi connectivity index (χ0n) is 16.1. The Bertz CT molecular complexity index is 663. The molecule has 1 aromatic rings. The Morgan fingerprint density at radius 1 is 1.07 bits per heavy atom. The van der Waals surface area contributed by atoms with Gasteiger partial charge in [0, 0.05) is 31.6 Å². The first-order valence-corrected chi connectivity index (χ1v) is 10.7. The molecule has 0 spiro atoms. The second-order valence-electron chi connectivity index (χ2n) is 8.49. The van der Waals surface area contributed by atoms with Crippen LogP contribution in [0.5, 0.6) is 0 Å². The van der Waals surface area contributed by atoms with Crippen LogP contribution >= 0.6 is 0 Å². The SMILES string of the molecule is O=C(NC1CC1)c1cn(CCC2CCCCN2C(=O)CC2CCCC2)nn1. The lowest BCUT2D eigenvalue weighted by Crippen LogP contribution is -2.44. The Hall–Kier alpha value is -1.92. The van der Waals surface area contributed by atoms with Crippen LogP contribution in [-0.2, 0) is 11.3 Å². The van der Waals surface area contributed by atoms with Crippen LogP contribution in [-0.4, -0.2) is 50.3 Å². The van der Waals surface area contributed by atoms with Crippen molar-refractivity contribution in [3.8, 4) is 0 Å². The van der Waals surface area contributed by atoms with Crippen LogP contribution in [0.3, 0.4) is 0 Å². The predicted molar refractivity (Wildman–Crippen MR) is 101 cm³/mol. The molecule has 2 saturated carbocycles. The summed E-state index contributed by atoms with van der Waals surface area (Å²) in [5.74, 6) is 0.812. The fraction of sp³-hybridized carbons (Fsp3) is 0.800. The maximum absolute atomic E-state index is 12.8. The Labute approximate surface area is 160 Å². The number of piperidine rings is 1. The summed E-state index contributed by atoms with van der Waals surface area (Å²) < 4.78 is 1.75. The van der Waals surface area contributed by atoms with Crippen molar-refractivity contribution in [3.05, 3.63) is 11.9 Å². The predicted octanol–water partition coefficient (Wildman–Crippen LogP) is 2.52. The van der Waals surface area contributed by atoms with Gasteiger partial charge < -0.3 is 10.2 Å². The number of rotatable bonds is 7. The van der Waals surface area contributed by atoms with Gasteiger partial charge in [0.05, 0.1) is 6.20 Å². The average Bonchev–Trinajstić information content (AvgIpc) is 3.14. The number of amides is 2. The van der Waals surface area contributed by atoms with Gasteiger partial charge in [0.15, 0.2) is 5.69 Å². The van der Waals surface area contributed by atoms with Crippen LogP contribution in [0.25, 0.3) is 0 Å². The van der Waals surface area contributed by atoms with Crippen molar-refractivity contribution >= 4 is 11.8 Å². The lowest BCUT2D eigenvalue weighted by atomic mass is 9.96. The monoisotopic (exact) mass is 373 g/mol. The van der Waals surface area contributed by atoms with E-state index in [0.29, 0.717) is 36.1 Å². The Kier molecular flexibility index (Phi) is 5.74. The van der Waals surface area contributed by atoms with Gasteiger partial charge in [0.25, 0.3) is 5.91 Å². The van der Waals surface area contributed by atoms with E-state index >= 15 is 0 Å². The molecule has 7 heteroatoms. The minimum Gasteiger partial charge on any atom is -0.348 e. The zero-order chi connectivity index (χ0) is 18.6.